The van der Waals surface area contributed by atoms with E-state index in [9.17, 15) is 4.79 Å². The largest absolute Gasteiger partial charge is 0.437 e. The Morgan fingerprint density at radius 2 is 2.03 bits per heavy atom. The van der Waals surface area contributed by atoms with Crippen molar-refractivity contribution in [3.8, 4) is 17.7 Å². The SMILES string of the molecule is Cc1cc(C#N)ncc1Oc1cc(Nc2ccc(C(=O)N3CC4(COC4)C3)cn2)c2ncn(C)c2n1. The summed E-state index contributed by atoms with van der Waals surface area (Å²) in [6, 6.07) is 8.93. The summed E-state index contributed by atoms with van der Waals surface area (Å²) >= 11 is 0. The molecule has 4 aromatic heterocycles. The smallest absolute Gasteiger partial charge is 0.255 e. The standard InChI is InChI=1S/C25H22N8O3/c1-15-5-17(7-26)27-9-19(15)36-21-6-18(22-23(31-21)32(2)14-29-22)30-20-4-3-16(8-28-20)24(34)33-10-25(11-33)12-35-13-25/h3-6,8-9,14H,10-13H2,1-2H3,(H,28,30,31). The number of pyridine rings is 3. The van der Waals surface area contributed by atoms with Gasteiger partial charge in [0.1, 0.15) is 23.1 Å². The number of nitrogens with zero attached hydrogens (tertiary/aromatic N) is 7. The summed E-state index contributed by atoms with van der Waals surface area (Å²) in [5, 5.41) is 12.3. The molecular weight excluding hydrogens is 460 g/mol. The summed E-state index contributed by atoms with van der Waals surface area (Å²) in [7, 11) is 1.85. The number of nitriles is 1. The number of amides is 1. The lowest BCUT2D eigenvalue weighted by molar-refractivity contribution is -0.176. The highest BCUT2D eigenvalue weighted by atomic mass is 16.5. The fourth-order valence-electron chi connectivity index (χ4n) is 4.44. The van der Waals surface area contributed by atoms with E-state index in [0.717, 1.165) is 31.9 Å². The highest BCUT2D eigenvalue weighted by Gasteiger charge is 2.50. The Morgan fingerprint density at radius 3 is 2.69 bits per heavy atom. The molecule has 0 aliphatic carbocycles. The van der Waals surface area contributed by atoms with Crippen LogP contribution in [0.3, 0.4) is 0 Å². The minimum absolute atomic E-state index is 0.0234. The van der Waals surface area contributed by atoms with E-state index in [-0.39, 0.29) is 11.3 Å². The maximum absolute atomic E-state index is 12.8. The molecule has 0 radical (unpaired) electrons. The van der Waals surface area contributed by atoms with E-state index in [1.165, 1.54) is 6.20 Å². The van der Waals surface area contributed by atoms with Crippen molar-refractivity contribution < 1.29 is 14.3 Å². The van der Waals surface area contributed by atoms with Crippen LogP contribution in [0.25, 0.3) is 11.2 Å². The minimum atomic E-state index is -0.0234. The topological polar surface area (TPSA) is 131 Å². The number of carbonyl (C=O) groups excluding carboxylic acids is 1. The molecule has 36 heavy (non-hydrogen) atoms. The molecule has 11 nitrogen and oxygen atoms in total. The van der Waals surface area contributed by atoms with E-state index in [1.807, 2.05) is 24.9 Å². The molecule has 2 aliphatic heterocycles. The van der Waals surface area contributed by atoms with Gasteiger partial charge in [0.15, 0.2) is 11.4 Å². The summed E-state index contributed by atoms with van der Waals surface area (Å²) in [6.07, 6.45) is 4.75. The van der Waals surface area contributed by atoms with Gasteiger partial charge in [-0.25, -0.2) is 15.0 Å². The Hall–Kier alpha value is -4.56. The van der Waals surface area contributed by atoms with Crippen molar-refractivity contribution in [3.63, 3.8) is 0 Å². The van der Waals surface area contributed by atoms with E-state index in [0.29, 0.717) is 45.6 Å². The van der Waals surface area contributed by atoms with Crippen LogP contribution in [0.15, 0.2) is 43.0 Å². The number of likely N-dealkylation sites (tertiary alicyclic amines) is 1. The molecule has 0 unspecified atom stereocenters. The quantitative estimate of drug-likeness (QED) is 0.456. The molecule has 6 rings (SSSR count). The summed E-state index contributed by atoms with van der Waals surface area (Å²) in [5.74, 6) is 1.36. The molecule has 2 fully saturated rings. The third-order valence-electron chi connectivity index (χ3n) is 6.47. The molecule has 0 atom stereocenters. The number of carbonyl (C=O) groups is 1. The molecule has 1 spiro atoms. The van der Waals surface area contributed by atoms with E-state index in [1.54, 1.807) is 41.4 Å². The number of nitrogens with one attached hydrogen (secondary N) is 1. The maximum atomic E-state index is 12.8. The second kappa shape index (κ2) is 8.28. The second-order valence-electron chi connectivity index (χ2n) is 9.30. The molecule has 0 aromatic carbocycles. The van der Waals surface area contributed by atoms with Crippen molar-refractivity contribution in [3.05, 3.63) is 59.8 Å². The normalized spacial score (nSPS) is 15.8. The van der Waals surface area contributed by atoms with Gasteiger partial charge >= 0.3 is 0 Å². The number of fused-ring (bicyclic) bond motifs is 1. The number of rotatable bonds is 5. The molecular formula is C25H22N8O3. The summed E-state index contributed by atoms with van der Waals surface area (Å²) in [6.45, 7) is 4.78. The van der Waals surface area contributed by atoms with Gasteiger partial charge < -0.3 is 24.3 Å². The van der Waals surface area contributed by atoms with E-state index < -0.39 is 0 Å². The zero-order valence-corrected chi connectivity index (χ0v) is 19.7. The summed E-state index contributed by atoms with van der Waals surface area (Å²) < 4.78 is 13.1. The molecule has 1 amide bonds. The predicted molar refractivity (Wildman–Crippen MR) is 129 cm³/mol. The molecule has 2 aliphatic rings. The number of aromatic nitrogens is 5. The highest BCUT2D eigenvalue weighted by Crippen LogP contribution is 2.38. The van der Waals surface area contributed by atoms with Gasteiger partial charge in [0.2, 0.25) is 5.88 Å². The van der Waals surface area contributed by atoms with Gasteiger partial charge in [0, 0.05) is 32.4 Å². The number of ether oxygens (including phenoxy) is 2. The van der Waals surface area contributed by atoms with E-state index >= 15 is 0 Å². The van der Waals surface area contributed by atoms with Crippen LogP contribution in [0.4, 0.5) is 11.5 Å². The zero-order valence-electron chi connectivity index (χ0n) is 19.7. The van der Waals surface area contributed by atoms with Crippen LogP contribution >= 0.6 is 0 Å². The number of anilines is 2. The van der Waals surface area contributed by atoms with Gasteiger partial charge in [-0.15, -0.1) is 0 Å². The van der Waals surface area contributed by atoms with Crippen molar-refractivity contribution in [2.45, 2.75) is 6.92 Å². The Bertz CT molecular complexity index is 1530. The molecule has 180 valence electrons. The van der Waals surface area contributed by atoms with E-state index in [2.05, 4.69) is 25.3 Å². The first-order valence-corrected chi connectivity index (χ1v) is 11.4. The molecule has 11 heteroatoms. The van der Waals surface area contributed by atoms with Crippen LogP contribution in [0, 0.1) is 23.7 Å². The third kappa shape index (κ3) is 3.77. The van der Waals surface area contributed by atoms with Crippen LogP contribution in [0.2, 0.25) is 0 Å². The molecule has 0 saturated carbocycles. The van der Waals surface area contributed by atoms with Crippen molar-refractivity contribution in [1.29, 1.82) is 5.26 Å². The van der Waals surface area contributed by atoms with Gasteiger partial charge in [-0.1, -0.05) is 0 Å². The lowest BCUT2D eigenvalue weighted by atomic mass is 9.78. The molecule has 6 heterocycles. The number of aryl methyl sites for hydroxylation is 2. The highest BCUT2D eigenvalue weighted by molar-refractivity contribution is 5.95. The Balaban J connectivity index is 1.23. The fraction of sp³-hybridized carbons (Fsp3) is 0.280. The van der Waals surface area contributed by atoms with Crippen LogP contribution < -0.4 is 10.1 Å². The maximum Gasteiger partial charge on any atom is 0.255 e. The van der Waals surface area contributed by atoms with Crippen molar-refractivity contribution in [1.82, 2.24) is 29.4 Å². The van der Waals surface area contributed by atoms with Gasteiger partial charge in [-0.2, -0.15) is 10.2 Å². The van der Waals surface area contributed by atoms with Crippen molar-refractivity contribution in [2.24, 2.45) is 12.5 Å². The zero-order chi connectivity index (χ0) is 24.9. The van der Waals surface area contributed by atoms with Gasteiger partial charge in [-0.05, 0) is 30.7 Å². The predicted octanol–water partition coefficient (Wildman–Crippen LogP) is 2.95. The van der Waals surface area contributed by atoms with Gasteiger partial charge in [-0.3, -0.25) is 4.79 Å². The Labute approximate surface area is 206 Å². The van der Waals surface area contributed by atoms with E-state index in [4.69, 9.17) is 14.7 Å². The molecule has 0 bridgehead atoms. The summed E-state index contributed by atoms with van der Waals surface area (Å²) in [5.41, 5.74) is 3.71. The Morgan fingerprint density at radius 1 is 1.19 bits per heavy atom. The van der Waals surface area contributed by atoms with Crippen molar-refractivity contribution in [2.75, 3.05) is 31.6 Å². The first kappa shape index (κ1) is 21.9. The summed E-state index contributed by atoms with van der Waals surface area (Å²) in [4.78, 5) is 32.1. The number of imidazole rings is 1. The second-order valence-corrected chi connectivity index (χ2v) is 9.30. The van der Waals surface area contributed by atoms with Crippen LogP contribution in [0.5, 0.6) is 11.6 Å². The first-order chi connectivity index (χ1) is 17.4. The minimum Gasteiger partial charge on any atom is -0.437 e. The van der Waals surface area contributed by atoms with Crippen LogP contribution in [-0.2, 0) is 11.8 Å². The average molecular weight is 483 g/mol. The lowest BCUT2D eigenvalue weighted by Crippen LogP contribution is -2.67. The van der Waals surface area contributed by atoms with Crippen LogP contribution in [-0.4, -0.2) is 61.6 Å². The molecule has 1 N–H and O–H groups in total. The monoisotopic (exact) mass is 482 g/mol. The first-order valence-electron chi connectivity index (χ1n) is 11.4. The Kier molecular flexibility index (Phi) is 5.05. The number of hydrogen-bond acceptors (Lipinski definition) is 9. The molecule has 2 saturated heterocycles. The van der Waals surface area contributed by atoms with Crippen molar-refractivity contribution >= 4 is 28.6 Å². The molecule has 4 aromatic rings. The van der Waals surface area contributed by atoms with Gasteiger partial charge in [0.25, 0.3) is 5.91 Å². The lowest BCUT2D eigenvalue weighted by Gasteiger charge is -2.54. The van der Waals surface area contributed by atoms with Gasteiger partial charge in [0.05, 0.1) is 42.4 Å². The van der Waals surface area contributed by atoms with Crippen LogP contribution in [0.1, 0.15) is 21.6 Å². The average Bonchev–Trinajstić information content (AvgIpc) is 3.20. The fourth-order valence-corrected chi connectivity index (χ4v) is 4.44. The third-order valence-corrected chi connectivity index (χ3v) is 6.47. The number of hydrogen-bond donors (Lipinski definition) is 1.